The molecule has 162 valence electrons. The SMILES string of the molecule is CN1CCN(Cc2ccc(Nc3nc(-c4ccccc4)nc4cn[nH]c(=O)c34)cc2)CC1. The van der Waals surface area contributed by atoms with Gasteiger partial charge in [0.25, 0.3) is 5.56 Å². The van der Waals surface area contributed by atoms with Crippen molar-refractivity contribution in [2.24, 2.45) is 0 Å². The highest BCUT2D eigenvalue weighted by atomic mass is 16.1. The fourth-order valence-corrected chi connectivity index (χ4v) is 3.90. The van der Waals surface area contributed by atoms with Gasteiger partial charge >= 0.3 is 0 Å². The van der Waals surface area contributed by atoms with Crippen LogP contribution in [-0.2, 0) is 6.54 Å². The van der Waals surface area contributed by atoms with Crippen LogP contribution in [0, 0.1) is 0 Å². The maximum atomic E-state index is 12.5. The molecule has 8 heteroatoms. The summed E-state index contributed by atoms with van der Waals surface area (Å²) < 4.78 is 0. The highest BCUT2D eigenvalue weighted by Gasteiger charge is 2.15. The summed E-state index contributed by atoms with van der Waals surface area (Å²) in [4.78, 5) is 26.5. The van der Waals surface area contributed by atoms with Crippen molar-refractivity contribution in [1.82, 2.24) is 30.0 Å². The average molecular weight is 428 g/mol. The molecule has 0 spiro atoms. The van der Waals surface area contributed by atoms with Gasteiger partial charge < -0.3 is 10.2 Å². The summed E-state index contributed by atoms with van der Waals surface area (Å²) in [5.74, 6) is 1.00. The molecule has 2 aromatic carbocycles. The average Bonchev–Trinajstić information content (AvgIpc) is 2.82. The Balaban J connectivity index is 1.42. The first-order valence-electron chi connectivity index (χ1n) is 10.7. The summed E-state index contributed by atoms with van der Waals surface area (Å²) >= 11 is 0. The van der Waals surface area contributed by atoms with Crippen LogP contribution in [0.1, 0.15) is 5.56 Å². The number of H-pyrrole nitrogens is 1. The van der Waals surface area contributed by atoms with Crippen LogP contribution in [0.4, 0.5) is 11.5 Å². The Morgan fingerprint density at radius 3 is 2.47 bits per heavy atom. The van der Waals surface area contributed by atoms with E-state index in [0.29, 0.717) is 22.5 Å². The Hall–Kier alpha value is -3.62. The summed E-state index contributed by atoms with van der Waals surface area (Å²) in [6, 6.07) is 18.0. The number of nitrogens with one attached hydrogen (secondary N) is 2. The highest BCUT2D eigenvalue weighted by Crippen LogP contribution is 2.25. The smallest absolute Gasteiger partial charge is 0.277 e. The lowest BCUT2D eigenvalue weighted by molar-refractivity contribution is 0.148. The molecule has 0 radical (unpaired) electrons. The van der Waals surface area contributed by atoms with Gasteiger partial charge in [-0.15, -0.1) is 0 Å². The lowest BCUT2D eigenvalue weighted by Gasteiger charge is -2.32. The van der Waals surface area contributed by atoms with Crippen molar-refractivity contribution in [2.45, 2.75) is 6.54 Å². The number of anilines is 2. The van der Waals surface area contributed by atoms with E-state index in [1.807, 2.05) is 42.5 Å². The van der Waals surface area contributed by atoms with Crippen molar-refractivity contribution in [2.75, 3.05) is 38.5 Å². The Morgan fingerprint density at radius 1 is 0.969 bits per heavy atom. The third-order valence-electron chi connectivity index (χ3n) is 5.77. The highest BCUT2D eigenvalue weighted by molar-refractivity contribution is 5.90. The van der Waals surface area contributed by atoms with Gasteiger partial charge in [0.2, 0.25) is 0 Å². The van der Waals surface area contributed by atoms with Gasteiger partial charge in [0, 0.05) is 44.0 Å². The molecule has 4 aromatic rings. The normalized spacial score (nSPS) is 15.2. The minimum absolute atomic E-state index is 0.323. The first-order chi connectivity index (χ1) is 15.7. The summed E-state index contributed by atoms with van der Waals surface area (Å²) in [5.41, 5.74) is 3.18. The van der Waals surface area contributed by atoms with E-state index in [-0.39, 0.29) is 5.56 Å². The molecule has 1 aliphatic heterocycles. The van der Waals surface area contributed by atoms with E-state index in [4.69, 9.17) is 0 Å². The van der Waals surface area contributed by atoms with E-state index < -0.39 is 0 Å². The van der Waals surface area contributed by atoms with E-state index in [0.717, 1.165) is 44.0 Å². The van der Waals surface area contributed by atoms with Crippen LogP contribution in [-0.4, -0.2) is 63.2 Å². The zero-order valence-corrected chi connectivity index (χ0v) is 18.0. The van der Waals surface area contributed by atoms with Crippen LogP contribution >= 0.6 is 0 Å². The minimum atomic E-state index is -0.323. The molecule has 0 aliphatic carbocycles. The standard InChI is InChI=1S/C24H25N7O/c1-30-11-13-31(14-12-30)16-17-7-9-19(10-8-17)26-23-21-20(15-25-29-24(21)32)27-22(28-23)18-5-3-2-4-6-18/h2-10,15H,11-14,16H2,1H3,(H,29,32)(H,26,27,28). The molecule has 2 N–H and O–H groups in total. The van der Waals surface area contributed by atoms with Crippen LogP contribution < -0.4 is 10.9 Å². The monoisotopic (exact) mass is 427 g/mol. The maximum absolute atomic E-state index is 12.5. The summed E-state index contributed by atoms with van der Waals surface area (Å²) in [6.07, 6.45) is 1.55. The molecule has 0 bridgehead atoms. The van der Waals surface area contributed by atoms with Crippen LogP contribution in [0.15, 0.2) is 65.6 Å². The molecule has 0 atom stereocenters. The number of rotatable bonds is 5. The Labute approximate surface area is 185 Å². The molecule has 0 amide bonds. The van der Waals surface area contributed by atoms with E-state index >= 15 is 0 Å². The van der Waals surface area contributed by atoms with Crippen molar-refractivity contribution in [3.05, 3.63) is 76.7 Å². The largest absolute Gasteiger partial charge is 0.339 e. The number of aromatic amines is 1. The van der Waals surface area contributed by atoms with Gasteiger partial charge in [0.05, 0.1) is 6.20 Å². The molecule has 0 saturated carbocycles. The van der Waals surface area contributed by atoms with E-state index in [1.165, 1.54) is 5.56 Å². The number of likely N-dealkylation sites (N-methyl/N-ethyl adjacent to an activating group) is 1. The third kappa shape index (κ3) is 4.37. The second kappa shape index (κ2) is 8.86. The predicted molar refractivity (Wildman–Crippen MR) is 126 cm³/mol. The van der Waals surface area contributed by atoms with Gasteiger partial charge in [-0.3, -0.25) is 9.69 Å². The topological polar surface area (TPSA) is 90.0 Å². The lowest BCUT2D eigenvalue weighted by atomic mass is 10.1. The predicted octanol–water partition coefficient (Wildman–Crippen LogP) is 2.87. The van der Waals surface area contributed by atoms with Crippen molar-refractivity contribution < 1.29 is 0 Å². The Kier molecular flexibility index (Phi) is 5.62. The minimum Gasteiger partial charge on any atom is -0.339 e. The third-order valence-corrected chi connectivity index (χ3v) is 5.77. The zero-order valence-electron chi connectivity index (χ0n) is 18.0. The van der Waals surface area contributed by atoms with E-state index in [9.17, 15) is 4.79 Å². The zero-order chi connectivity index (χ0) is 21.9. The number of piperazine rings is 1. The number of benzene rings is 2. The van der Waals surface area contributed by atoms with Crippen molar-refractivity contribution >= 4 is 22.4 Å². The molecule has 1 aliphatic rings. The molecule has 2 aromatic heterocycles. The van der Waals surface area contributed by atoms with Gasteiger partial charge in [-0.05, 0) is 24.7 Å². The quantitative estimate of drug-likeness (QED) is 0.506. The second-order valence-corrected chi connectivity index (χ2v) is 8.12. The fourth-order valence-electron chi connectivity index (χ4n) is 3.90. The Bertz CT molecular complexity index is 1260. The summed E-state index contributed by atoms with van der Waals surface area (Å²) in [6.45, 7) is 5.32. The van der Waals surface area contributed by atoms with Crippen LogP contribution in [0.5, 0.6) is 0 Å². The number of hydrogen-bond acceptors (Lipinski definition) is 7. The molecule has 5 rings (SSSR count). The van der Waals surface area contributed by atoms with Crippen molar-refractivity contribution in [3.63, 3.8) is 0 Å². The number of fused-ring (bicyclic) bond motifs is 1. The van der Waals surface area contributed by atoms with E-state index in [1.54, 1.807) is 6.20 Å². The van der Waals surface area contributed by atoms with E-state index in [2.05, 4.69) is 54.5 Å². The molecule has 0 unspecified atom stereocenters. The maximum Gasteiger partial charge on any atom is 0.277 e. The van der Waals surface area contributed by atoms with Gasteiger partial charge in [0.1, 0.15) is 16.7 Å². The Morgan fingerprint density at radius 2 is 1.72 bits per heavy atom. The molecule has 1 fully saturated rings. The molecule has 32 heavy (non-hydrogen) atoms. The van der Waals surface area contributed by atoms with Crippen LogP contribution in [0.25, 0.3) is 22.3 Å². The fraction of sp³-hybridized carbons (Fsp3) is 0.250. The van der Waals surface area contributed by atoms with Gasteiger partial charge in [-0.1, -0.05) is 42.5 Å². The number of hydrogen-bond donors (Lipinski definition) is 2. The van der Waals surface area contributed by atoms with Crippen molar-refractivity contribution in [3.8, 4) is 11.4 Å². The molecule has 8 nitrogen and oxygen atoms in total. The van der Waals surface area contributed by atoms with Gasteiger partial charge in [-0.2, -0.15) is 5.10 Å². The second-order valence-electron chi connectivity index (χ2n) is 8.12. The summed E-state index contributed by atoms with van der Waals surface area (Å²) in [5, 5.41) is 10.1. The first-order valence-corrected chi connectivity index (χ1v) is 10.7. The van der Waals surface area contributed by atoms with Crippen LogP contribution in [0.2, 0.25) is 0 Å². The first kappa shape index (κ1) is 20.3. The lowest BCUT2D eigenvalue weighted by Crippen LogP contribution is -2.43. The number of nitrogens with zero attached hydrogens (tertiary/aromatic N) is 5. The van der Waals surface area contributed by atoms with Crippen molar-refractivity contribution in [1.29, 1.82) is 0 Å². The molecular weight excluding hydrogens is 402 g/mol. The van der Waals surface area contributed by atoms with Crippen LogP contribution in [0.3, 0.4) is 0 Å². The van der Waals surface area contributed by atoms with Gasteiger partial charge in [0.15, 0.2) is 5.82 Å². The van der Waals surface area contributed by atoms with Gasteiger partial charge in [-0.25, -0.2) is 15.1 Å². The molecule has 1 saturated heterocycles. The summed E-state index contributed by atoms with van der Waals surface area (Å²) in [7, 11) is 2.17. The molecular formula is C24H25N7O. The number of aromatic nitrogens is 4. The molecule has 3 heterocycles.